The topological polar surface area (TPSA) is 43.1 Å². The summed E-state index contributed by atoms with van der Waals surface area (Å²) in [4.78, 5) is 13.2. The van der Waals surface area contributed by atoms with Crippen LogP contribution in [0.1, 0.15) is 64.7 Å². The lowest BCUT2D eigenvalue weighted by atomic mass is 9.64. The highest BCUT2D eigenvalue weighted by Gasteiger charge is 2.53. The number of likely N-dealkylation sites (tertiary alicyclic amines) is 1. The average molecular weight is 476 g/mol. The van der Waals surface area contributed by atoms with E-state index in [-0.39, 0.29) is 11.8 Å². The standard InChI is InChI=1S/C26H28N2O.3C2H6/c1-28(19-21-11-5-2-6-12-21)18-17-24(20-28)26(25(27)29,22-13-7-3-8-14-22)23-15-9-4-10-16-23;3*1-2/h2-16,24H,17-20H2,1H3,(H-,27,29);3*1-2H3/p+1. The first-order valence-electron chi connectivity index (χ1n) is 13.3. The van der Waals surface area contributed by atoms with Crippen LogP contribution >= 0.6 is 0 Å². The fourth-order valence-electron chi connectivity index (χ4n) is 5.23. The van der Waals surface area contributed by atoms with Crippen LogP contribution in [-0.4, -0.2) is 30.5 Å². The summed E-state index contributed by atoms with van der Waals surface area (Å²) in [7, 11) is 2.30. The monoisotopic (exact) mass is 475 g/mol. The van der Waals surface area contributed by atoms with Gasteiger partial charge in [0.25, 0.3) is 0 Å². The van der Waals surface area contributed by atoms with Crippen LogP contribution in [0.25, 0.3) is 0 Å². The number of quaternary nitrogens is 1. The third-order valence-electron chi connectivity index (χ3n) is 6.54. The van der Waals surface area contributed by atoms with Crippen molar-refractivity contribution < 1.29 is 9.28 Å². The van der Waals surface area contributed by atoms with Crippen molar-refractivity contribution in [3.63, 3.8) is 0 Å². The molecule has 3 aromatic carbocycles. The molecule has 3 nitrogen and oxygen atoms in total. The van der Waals surface area contributed by atoms with Crippen molar-refractivity contribution in [3.8, 4) is 0 Å². The Kier molecular flexibility index (Phi) is 13.0. The van der Waals surface area contributed by atoms with Gasteiger partial charge in [0.2, 0.25) is 5.91 Å². The van der Waals surface area contributed by atoms with Gasteiger partial charge in [-0.2, -0.15) is 0 Å². The molecule has 1 heterocycles. The zero-order valence-electron chi connectivity index (χ0n) is 23.0. The summed E-state index contributed by atoms with van der Waals surface area (Å²) in [6.45, 7) is 14.9. The van der Waals surface area contributed by atoms with Crippen molar-refractivity contribution in [3.05, 3.63) is 108 Å². The van der Waals surface area contributed by atoms with Crippen molar-refractivity contribution in [1.82, 2.24) is 0 Å². The molecule has 1 saturated heterocycles. The van der Waals surface area contributed by atoms with Gasteiger partial charge in [0.1, 0.15) is 12.0 Å². The fourth-order valence-corrected chi connectivity index (χ4v) is 5.23. The second-order valence-electron chi connectivity index (χ2n) is 8.56. The highest BCUT2D eigenvalue weighted by molar-refractivity contribution is 5.91. The molecule has 1 fully saturated rings. The summed E-state index contributed by atoms with van der Waals surface area (Å²) in [5, 5.41) is 0. The van der Waals surface area contributed by atoms with Crippen LogP contribution in [0.4, 0.5) is 0 Å². The van der Waals surface area contributed by atoms with Gasteiger partial charge in [0.15, 0.2) is 0 Å². The molecule has 0 saturated carbocycles. The van der Waals surface area contributed by atoms with Gasteiger partial charge in [0, 0.05) is 17.9 Å². The zero-order valence-corrected chi connectivity index (χ0v) is 23.0. The zero-order chi connectivity index (χ0) is 26.3. The summed E-state index contributed by atoms with van der Waals surface area (Å²) in [6, 6.07) is 30.8. The van der Waals surface area contributed by atoms with Crippen molar-refractivity contribution in [1.29, 1.82) is 0 Å². The molecule has 1 aliphatic rings. The van der Waals surface area contributed by atoms with Gasteiger partial charge in [-0.3, -0.25) is 4.79 Å². The van der Waals surface area contributed by atoms with Gasteiger partial charge in [-0.05, 0) is 11.1 Å². The summed E-state index contributed by atoms with van der Waals surface area (Å²) in [6.07, 6.45) is 0.968. The average Bonchev–Trinajstić information content (AvgIpc) is 3.31. The second-order valence-corrected chi connectivity index (χ2v) is 8.56. The quantitative estimate of drug-likeness (QED) is 0.376. The van der Waals surface area contributed by atoms with Crippen LogP contribution < -0.4 is 5.73 Å². The van der Waals surface area contributed by atoms with E-state index in [1.807, 2.05) is 77.9 Å². The molecular weight excluding hydrogens is 428 g/mol. The van der Waals surface area contributed by atoms with E-state index in [9.17, 15) is 4.79 Å². The largest absolute Gasteiger partial charge is 0.369 e. The lowest BCUT2D eigenvalue weighted by Gasteiger charge is -2.38. The molecule has 2 N–H and O–H groups in total. The Morgan fingerprint density at radius 2 is 1.17 bits per heavy atom. The maximum absolute atomic E-state index is 13.2. The van der Waals surface area contributed by atoms with Gasteiger partial charge in [0.05, 0.1) is 20.1 Å². The molecule has 0 aromatic heterocycles. The molecule has 0 bridgehead atoms. The number of carbonyl (C=O) groups is 1. The highest BCUT2D eigenvalue weighted by Crippen LogP contribution is 2.45. The molecule has 1 amide bonds. The Labute approximate surface area is 214 Å². The molecule has 35 heavy (non-hydrogen) atoms. The molecule has 4 rings (SSSR count). The molecule has 3 heteroatoms. The molecule has 2 atom stereocenters. The number of benzene rings is 3. The van der Waals surface area contributed by atoms with Crippen LogP contribution in [0.3, 0.4) is 0 Å². The summed E-state index contributed by atoms with van der Waals surface area (Å²) < 4.78 is 0.920. The highest BCUT2D eigenvalue weighted by atomic mass is 16.1. The number of amides is 1. The lowest BCUT2D eigenvalue weighted by molar-refractivity contribution is -0.912. The van der Waals surface area contributed by atoms with E-state index in [0.717, 1.165) is 41.7 Å². The van der Waals surface area contributed by atoms with E-state index >= 15 is 0 Å². The number of primary amides is 1. The normalized spacial score (nSPS) is 18.5. The Hall–Kier alpha value is -2.91. The van der Waals surface area contributed by atoms with E-state index in [1.165, 1.54) is 5.56 Å². The van der Waals surface area contributed by atoms with Crippen molar-refractivity contribution in [2.75, 3.05) is 20.1 Å². The van der Waals surface area contributed by atoms with Gasteiger partial charge < -0.3 is 10.2 Å². The number of rotatable bonds is 6. The van der Waals surface area contributed by atoms with E-state index in [4.69, 9.17) is 5.73 Å². The number of carbonyl (C=O) groups excluding carboxylic acids is 1. The summed E-state index contributed by atoms with van der Waals surface area (Å²) >= 11 is 0. The smallest absolute Gasteiger partial charge is 0.233 e. The Morgan fingerprint density at radius 3 is 1.57 bits per heavy atom. The second kappa shape index (κ2) is 15.2. The van der Waals surface area contributed by atoms with Gasteiger partial charge in [-0.25, -0.2) is 0 Å². The first-order valence-corrected chi connectivity index (χ1v) is 13.3. The minimum Gasteiger partial charge on any atom is -0.369 e. The van der Waals surface area contributed by atoms with E-state index in [1.54, 1.807) is 0 Å². The number of nitrogens with two attached hydrogens (primary N) is 1. The maximum atomic E-state index is 13.2. The number of nitrogens with zero attached hydrogens (tertiary/aromatic N) is 1. The first-order chi connectivity index (χ1) is 17.0. The maximum Gasteiger partial charge on any atom is 0.233 e. The summed E-state index contributed by atoms with van der Waals surface area (Å²) in [5.41, 5.74) is 8.73. The molecule has 3 aromatic rings. The van der Waals surface area contributed by atoms with E-state index in [0.29, 0.717) is 0 Å². The van der Waals surface area contributed by atoms with Crippen LogP contribution in [0.15, 0.2) is 91.0 Å². The molecule has 0 aliphatic carbocycles. The fraction of sp³-hybridized carbons (Fsp3) is 0.406. The minimum atomic E-state index is -0.810. The van der Waals surface area contributed by atoms with Crippen molar-refractivity contribution in [2.24, 2.45) is 11.7 Å². The third-order valence-corrected chi connectivity index (χ3v) is 6.54. The number of hydrogen-bond acceptors (Lipinski definition) is 1. The van der Waals surface area contributed by atoms with Crippen LogP contribution in [0.2, 0.25) is 0 Å². The number of hydrogen-bond donors (Lipinski definition) is 1. The van der Waals surface area contributed by atoms with E-state index < -0.39 is 5.41 Å². The van der Waals surface area contributed by atoms with Gasteiger partial charge in [-0.1, -0.05) is 133 Å². The molecular formula is C32H47N2O+. The first kappa shape index (κ1) is 30.1. The Balaban J connectivity index is 0.000000949. The molecule has 1 aliphatic heterocycles. The predicted octanol–water partition coefficient (Wildman–Crippen LogP) is 7.20. The van der Waals surface area contributed by atoms with Gasteiger partial charge in [-0.15, -0.1) is 0 Å². The molecule has 0 spiro atoms. The molecule has 190 valence electrons. The minimum absolute atomic E-state index is 0.151. The Bertz CT molecular complexity index is 917. The SMILES string of the molecule is CC.CC.CC.C[N+]1(Cc2ccccc2)CCC(C(C(N)=O)(c2ccccc2)c2ccccc2)C1. The van der Waals surface area contributed by atoms with Crippen molar-refractivity contribution in [2.45, 2.75) is 59.9 Å². The summed E-state index contributed by atoms with van der Waals surface area (Å²) in [5.74, 6) is -0.105. The van der Waals surface area contributed by atoms with E-state index in [2.05, 4.69) is 61.6 Å². The van der Waals surface area contributed by atoms with Crippen LogP contribution in [0.5, 0.6) is 0 Å². The third kappa shape index (κ3) is 7.05. The molecule has 0 radical (unpaired) electrons. The van der Waals surface area contributed by atoms with Crippen LogP contribution in [-0.2, 0) is 16.8 Å². The van der Waals surface area contributed by atoms with Crippen LogP contribution in [0, 0.1) is 5.92 Å². The van der Waals surface area contributed by atoms with Gasteiger partial charge >= 0.3 is 0 Å². The molecule has 2 unspecified atom stereocenters. The van der Waals surface area contributed by atoms with Crippen molar-refractivity contribution >= 4 is 5.91 Å². The lowest BCUT2D eigenvalue weighted by Crippen LogP contribution is -2.51. The Morgan fingerprint density at radius 1 is 0.771 bits per heavy atom. The predicted molar refractivity (Wildman–Crippen MR) is 151 cm³/mol.